The fourth-order valence-corrected chi connectivity index (χ4v) is 3.29. The zero-order chi connectivity index (χ0) is 19.5. The molecular formula is C21H20FN5O. The Morgan fingerprint density at radius 2 is 2.04 bits per heavy atom. The molecule has 0 saturated carbocycles. The lowest BCUT2D eigenvalue weighted by Gasteiger charge is -2.18. The minimum atomic E-state index is -0.337. The fraction of sp³-hybridized carbons (Fsp3) is 0.238. The Morgan fingerprint density at radius 3 is 2.79 bits per heavy atom. The van der Waals surface area contributed by atoms with Crippen LogP contribution in [0.2, 0.25) is 0 Å². The third kappa shape index (κ3) is 3.98. The number of halogens is 1. The zero-order valence-electron chi connectivity index (χ0n) is 15.5. The summed E-state index contributed by atoms with van der Waals surface area (Å²) in [6, 6.07) is 11.5. The van der Waals surface area contributed by atoms with Crippen LogP contribution in [-0.2, 0) is 11.3 Å². The Bertz CT molecular complexity index is 978. The Labute approximate surface area is 162 Å². The van der Waals surface area contributed by atoms with E-state index in [0.717, 1.165) is 16.8 Å². The van der Waals surface area contributed by atoms with Gasteiger partial charge in [0.1, 0.15) is 17.7 Å². The van der Waals surface area contributed by atoms with Crippen LogP contribution in [-0.4, -0.2) is 38.3 Å². The van der Waals surface area contributed by atoms with Crippen molar-refractivity contribution in [3.63, 3.8) is 0 Å². The van der Waals surface area contributed by atoms with Gasteiger partial charge in [-0.1, -0.05) is 12.1 Å². The van der Waals surface area contributed by atoms with Crippen molar-refractivity contribution in [1.82, 2.24) is 19.9 Å². The highest BCUT2D eigenvalue weighted by molar-refractivity contribution is 5.86. The van der Waals surface area contributed by atoms with Gasteiger partial charge in [-0.3, -0.25) is 9.78 Å². The second kappa shape index (κ2) is 7.72. The monoisotopic (exact) mass is 377 g/mol. The summed E-state index contributed by atoms with van der Waals surface area (Å²) in [5, 5.41) is 3.24. The standard InChI is InChI=1S/C21H20FN5O/c1-14-11-19(26-20(24-14)16-3-2-9-23-12-16)25-18-8-10-27(21(18)28)13-15-4-6-17(22)7-5-15/h2-7,9,11-12,18H,8,10,13H2,1H3,(H,24,25,26). The van der Waals surface area contributed by atoms with Gasteiger partial charge in [0.25, 0.3) is 0 Å². The first-order valence-corrected chi connectivity index (χ1v) is 9.14. The molecule has 6 nitrogen and oxygen atoms in total. The molecule has 1 aromatic carbocycles. The predicted molar refractivity (Wildman–Crippen MR) is 104 cm³/mol. The molecule has 0 radical (unpaired) electrons. The zero-order valence-corrected chi connectivity index (χ0v) is 15.5. The summed E-state index contributed by atoms with van der Waals surface area (Å²) in [6.45, 7) is 3.01. The van der Waals surface area contributed by atoms with E-state index in [0.29, 0.717) is 31.2 Å². The number of likely N-dealkylation sites (tertiary alicyclic amines) is 1. The Kier molecular flexibility index (Phi) is 4.97. The van der Waals surface area contributed by atoms with Gasteiger partial charge in [-0.05, 0) is 43.2 Å². The smallest absolute Gasteiger partial charge is 0.245 e. The van der Waals surface area contributed by atoms with Crippen LogP contribution >= 0.6 is 0 Å². The lowest BCUT2D eigenvalue weighted by molar-refractivity contribution is -0.128. The number of nitrogens with one attached hydrogen (secondary N) is 1. The molecule has 1 amide bonds. The van der Waals surface area contributed by atoms with Crippen molar-refractivity contribution in [3.8, 4) is 11.4 Å². The second-order valence-corrected chi connectivity index (χ2v) is 6.83. The molecule has 142 valence electrons. The number of aromatic nitrogens is 3. The number of amides is 1. The molecule has 7 heteroatoms. The number of carbonyl (C=O) groups is 1. The molecule has 1 N–H and O–H groups in total. The van der Waals surface area contributed by atoms with Gasteiger partial charge in [-0.25, -0.2) is 14.4 Å². The number of nitrogens with zero attached hydrogens (tertiary/aromatic N) is 4. The highest BCUT2D eigenvalue weighted by atomic mass is 19.1. The molecule has 0 aliphatic carbocycles. The topological polar surface area (TPSA) is 71.0 Å². The van der Waals surface area contributed by atoms with Gasteiger partial charge in [0.2, 0.25) is 5.91 Å². The average molecular weight is 377 g/mol. The van der Waals surface area contributed by atoms with Crippen LogP contribution in [0.3, 0.4) is 0 Å². The van der Waals surface area contributed by atoms with Gasteiger partial charge in [-0.15, -0.1) is 0 Å². The van der Waals surface area contributed by atoms with Gasteiger partial charge in [0, 0.05) is 42.8 Å². The molecule has 1 fully saturated rings. The first-order chi connectivity index (χ1) is 13.6. The number of benzene rings is 1. The summed E-state index contributed by atoms with van der Waals surface area (Å²) in [7, 11) is 0. The van der Waals surface area contributed by atoms with E-state index in [-0.39, 0.29) is 17.8 Å². The second-order valence-electron chi connectivity index (χ2n) is 6.83. The van der Waals surface area contributed by atoms with E-state index in [4.69, 9.17) is 0 Å². The molecule has 3 aromatic rings. The van der Waals surface area contributed by atoms with Gasteiger partial charge in [0.15, 0.2) is 5.82 Å². The van der Waals surface area contributed by atoms with Crippen molar-refractivity contribution in [2.24, 2.45) is 0 Å². The van der Waals surface area contributed by atoms with Crippen molar-refractivity contribution in [2.75, 3.05) is 11.9 Å². The molecule has 4 rings (SSSR count). The maximum absolute atomic E-state index is 13.1. The van der Waals surface area contributed by atoms with Crippen LogP contribution in [0.5, 0.6) is 0 Å². The summed E-state index contributed by atoms with van der Waals surface area (Å²) in [5.74, 6) is 0.931. The first-order valence-electron chi connectivity index (χ1n) is 9.14. The number of anilines is 1. The number of pyridine rings is 1. The minimum Gasteiger partial charge on any atom is -0.358 e. The molecule has 0 spiro atoms. The average Bonchev–Trinajstić information content (AvgIpc) is 3.03. The summed E-state index contributed by atoms with van der Waals surface area (Å²) in [6.07, 6.45) is 4.10. The Balaban J connectivity index is 1.47. The molecule has 3 heterocycles. The lowest BCUT2D eigenvalue weighted by Crippen LogP contribution is -2.33. The largest absolute Gasteiger partial charge is 0.358 e. The van der Waals surface area contributed by atoms with Crippen molar-refractivity contribution in [3.05, 3.63) is 71.9 Å². The van der Waals surface area contributed by atoms with E-state index >= 15 is 0 Å². The minimum absolute atomic E-state index is 0.0171. The Hall–Kier alpha value is -3.35. The molecule has 1 aliphatic heterocycles. The van der Waals surface area contributed by atoms with Crippen LogP contribution in [0, 0.1) is 12.7 Å². The fourth-order valence-electron chi connectivity index (χ4n) is 3.29. The number of rotatable bonds is 5. The van der Waals surface area contributed by atoms with E-state index in [1.54, 1.807) is 29.4 Å². The molecular weight excluding hydrogens is 357 g/mol. The predicted octanol–water partition coefficient (Wildman–Crippen LogP) is 3.20. The van der Waals surface area contributed by atoms with Gasteiger partial charge < -0.3 is 10.2 Å². The SMILES string of the molecule is Cc1cc(NC2CCN(Cc3ccc(F)cc3)C2=O)nc(-c2cccnc2)n1. The lowest BCUT2D eigenvalue weighted by atomic mass is 10.2. The van der Waals surface area contributed by atoms with Crippen molar-refractivity contribution in [1.29, 1.82) is 0 Å². The van der Waals surface area contributed by atoms with E-state index in [1.807, 2.05) is 25.1 Å². The van der Waals surface area contributed by atoms with Crippen LogP contribution in [0.1, 0.15) is 17.7 Å². The Morgan fingerprint density at radius 1 is 1.21 bits per heavy atom. The van der Waals surface area contributed by atoms with Gasteiger partial charge in [0.05, 0.1) is 0 Å². The summed E-state index contributed by atoms with van der Waals surface area (Å²) in [4.78, 5) is 27.6. The molecule has 28 heavy (non-hydrogen) atoms. The van der Waals surface area contributed by atoms with Gasteiger partial charge in [-0.2, -0.15) is 0 Å². The van der Waals surface area contributed by atoms with E-state index in [2.05, 4.69) is 20.3 Å². The number of aryl methyl sites for hydroxylation is 1. The molecule has 1 saturated heterocycles. The summed E-state index contributed by atoms with van der Waals surface area (Å²) in [5.41, 5.74) is 2.54. The number of hydrogen-bond donors (Lipinski definition) is 1. The van der Waals surface area contributed by atoms with Crippen molar-refractivity contribution >= 4 is 11.7 Å². The van der Waals surface area contributed by atoms with E-state index < -0.39 is 0 Å². The van der Waals surface area contributed by atoms with Crippen LogP contribution < -0.4 is 5.32 Å². The first kappa shape index (κ1) is 18.0. The van der Waals surface area contributed by atoms with Gasteiger partial charge >= 0.3 is 0 Å². The maximum Gasteiger partial charge on any atom is 0.245 e. The number of hydrogen-bond acceptors (Lipinski definition) is 5. The highest BCUT2D eigenvalue weighted by Crippen LogP contribution is 2.21. The van der Waals surface area contributed by atoms with E-state index in [1.165, 1.54) is 12.1 Å². The van der Waals surface area contributed by atoms with E-state index in [9.17, 15) is 9.18 Å². The normalized spacial score (nSPS) is 16.4. The third-order valence-electron chi connectivity index (χ3n) is 4.68. The van der Waals surface area contributed by atoms with Crippen LogP contribution in [0.15, 0.2) is 54.9 Å². The maximum atomic E-state index is 13.1. The highest BCUT2D eigenvalue weighted by Gasteiger charge is 2.31. The van der Waals surface area contributed by atoms with Crippen molar-refractivity contribution < 1.29 is 9.18 Å². The molecule has 0 bridgehead atoms. The summed E-state index contributed by atoms with van der Waals surface area (Å²) >= 11 is 0. The molecule has 2 aromatic heterocycles. The van der Waals surface area contributed by atoms with Crippen LogP contribution in [0.4, 0.5) is 10.2 Å². The molecule has 1 unspecified atom stereocenters. The number of carbonyl (C=O) groups excluding carboxylic acids is 1. The van der Waals surface area contributed by atoms with Crippen LogP contribution in [0.25, 0.3) is 11.4 Å². The molecule has 1 atom stereocenters. The molecule has 1 aliphatic rings. The third-order valence-corrected chi connectivity index (χ3v) is 4.68. The van der Waals surface area contributed by atoms with Crippen molar-refractivity contribution in [2.45, 2.75) is 25.9 Å². The quantitative estimate of drug-likeness (QED) is 0.739. The summed E-state index contributed by atoms with van der Waals surface area (Å²) < 4.78 is 13.1.